The molecule has 6 nitrogen and oxygen atoms in total. The molecule has 106 valence electrons. The minimum absolute atomic E-state index is 0. The number of hydrogen-bond donors (Lipinski definition) is 2. The van der Waals surface area contributed by atoms with Gasteiger partial charge in [-0.2, -0.15) is 0 Å². The Morgan fingerprint density at radius 3 is 2.52 bits per heavy atom. The van der Waals surface area contributed by atoms with Gasteiger partial charge >= 0.3 is 65.9 Å². The molecular weight excluding hydrogens is 297 g/mol. The van der Waals surface area contributed by atoms with Gasteiger partial charge in [-0.3, -0.25) is 0 Å². The zero-order chi connectivity index (χ0) is 13.3. The van der Waals surface area contributed by atoms with E-state index in [9.17, 15) is 14.8 Å². The minimum atomic E-state index is -2.93. The van der Waals surface area contributed by atoms with Gasteiger partial charge in [0, 0.05) is 5.75 Å². The summed E-state index contributed by atoms with van der Waals surface area (Å²) in [5.74, 6) is 0.432. The van der Waals surface area contributed by atoms with E-state index in [0.717, 1.165) is 12.0 Å². The van der Waals surface area contributed by atoms with Crippen LogP contribution in [0.25, 0.3) is 0 Å². The minimum Gasteiger partial charge on any atom is -0.870 e. The van der Waals surface area contributed by atoms with E-state index < -0.39 is 6.75 Å². The molecule has 2 rings (SSSR count). The topological polar surface area (TPSA) is 106 Å². The summed E-state index contributed by atoms with van der Waals surface area (Å²) in [5.41, 5.74) is 0.889. The van der Waals surface area contributed by atoms with Gasteiger partial charge in [-0.05, 0) is 11.7 Å². The Morgan fingerprint density at radius 2 is 2.05 bits per heavy atom. The summed E-state index contributed by atoms with van der Waals surface area (Å²) < 4.78 is 10.2. The second-order valence-electron chi connectivity index (χ2n) is 4.48. The zero-order valence-corrected chi connectivity index (χ0v) is 16.8. The fourth-order valence-electron chi connectivity index (χ4n) is 2.42. The van der Waals surface area contributed by atoms with Crippen molar-refractivity contribution < 1.29 is 88.8 Å². The number of methoxy groups -OCH3 is 1. The van der Waals surface area contributed by atoms with Gasteiger partial charge in [-0.1, -0.05) is 42.9 Å². The number of hydrogen-bond acceptors (Lipinski definition) is 6. The Bertz CT molecular complexity index is 483. The second-order valence-corrected chi connectivity index (χ2v) is 4.48. The van der Waals surface area contributed by atoms with Crippen LogP contribution in [0.15, 0.2) is 12.1 Å². The van der Waals surface area contributed by atoms with E-state index in [1.165, 1.54) is 7.11 Å². The van der Waals surface area contributed by atoms with E-state index in [-0.39, 0.29) is 88.1 Å². The van der Waals surface area contributed by atoms with Crippen LogP contribution in [-0.2, 0) is 4.79 Å². The molecule has 0 amide bonds. The third-order valence-corrected chi connectivity index (χ3v) is 3.30. The van der Waals surface area contributed by atoms with Crippen LogP contribution in [0, 0.1) is 0 Å². The Labute approximate surface area is 168 Å². The van der Waals surface area contributed by atoms with Gasteiger partial charge in [0.1, 0.15) is 0 Å². The van der Waals surface area contributed by atoms with Crippen LogP contribution in [-0.4, -0.2) is 35.7 Å². The molecule has 0 saturated carbocycles. The SMILES string of the molecule is CCC1C[B-](O)(O)Oc2c1ccc(OC)c2[C-]=O.[Na+].[Na+].[OH-]. The Morgan fingerprint density at radius 1 is 1.43 bits per heavy atom. The zero-order valence-electron chi connectivity index (χ0n) is 12.8. The van der Waals surface area contributed by atoms with Crippen molar-refractivity contribution in [3.8, 4) is 11.5 Å². The Hall–Kier alpha value is 0.435. The fourth-order valence-corrected chi connectivity index (χ4v) is 2.42. The van der Waals surface area contributed by atoms with Gasteiger partial charge in [0.05, 0.1) is 13.4 Å². The molecule has 1 atom stereocenters. The molecule has 0 aliphatic carbocycles. The molecule has 0 saturated heterocycles. The molecule has 21 heavy (non-hydrogen) atoms. The van der Waals surface area contributed by atoms with E-state index >= 15 is 0 Å². The summed E-state index contributed by atoms with van der Waals surface area (Å²) in [4.78, 5) is 11.0. The van der Waals surface area contributed by atoms with Crippen molar-refractivity contribution in [2.45, 2.75) is 25.6 Å². The van der Waals surface area contributed by atoms with Gasteiger partial charge in [0.2, 0.25) is 0 Å². The molecule has 0 spiro atoms. The number of ether oxygens (including phenoxy) is 1. The van der Waals surface area contributed by atoms with Crippen LogP contribution in [0.3, 0.4) is 0 Å². The maximum atomic E-state index is 11.0. The third kappa shape index (κ3) is 4.96. The molecule has 9 heteroatoms. The molecule has 0 fully saturated rings. The van der Waals surface area contributed by atoms with E-state index in [2.05, 4.69) is 0 Å². The number of fused-ring (bicyclic) bond motifs is 1. The van der Waals surface area contributed by atoms with Crippen LogP contribution in [0.1, 0.15) is 30.4 Å². The van der Waals surface area contributed by atoms with Gasteiger partial charge in [0.25, 0.3) is 0 Å². The first-order valence-corrected chi connectivity index (χ1v) is 5.90. The first-order valence-electron chi connectivity index (χ1n) is 5.90. The number of carbonyl (C=O) groups excluding carboxylic acids is 1. The molecular formula is C12H16BNa2O6-. The van der Waals surface area contributed by atoms with Crippen LogP contribution in [0.5, 0.6) is 11.5 Å². The molecule has 1 aromatic rings. The third-order valence-electron chi connectivity index (χ3n) is 3.30. The molecule has 1 aliphatic heterocycles. The normalized spacial score (nSPS) is 17.8. The average molecular weight is 313 g/mol. The van der Waals surface area contributed by atoms with Crippen molar-refractivity contribution in [1.29, 1.82) is 0 Å². The fraction of sp³-hybridized carbons (Fsp3) is 0.417. The predicted molar refractivity (Wildman–Crippen MR) is 68.4 cm³/mol. The summed E-state index contributed by atoms with van der Waals surface area (Å²) in [5, 5.41) is 19.5. The molecule has 0 aromatic heterocycles. The largest absolute Gasteiger partial charge is 1.00 e. The summed E-state index contributed by atoms with van der Waals surface area (Å²) in [6, 6.07) is 3.45. The molecule has 1 unspecified atom stereocenters. The van der Waals surface area contributed by atoms with Crippen molar-refractivity contribution in [3.63, 3.8) is 0 Å². The molecule has 0 radical (unpaired) electrons. The van der Waals surface area contributed by atoms with Gasteiger partial charge in [-0.15, -0.1) is 0 Å². The maximum absolute atomic E-state index is 11.0. The van der Waals surface area contributed by atoms with Crippen LogP contribution < -0.4 is 68.5 Å². The predicted octanol–water partition coefficient (Wildman–Crippen LogP) is -5.21. The standard InChI is InChI=1S/C12H15BO5.2Na.H2O/c1-3-8-6-13(15,16)18-12-9(8)4-5-11(17-2)10(12)7-14;;;/h4-5,8,15-16H,3,6H2,1-2H3;;;1H2/q-2;2*+1;/p-1. The second kappa shape index (κ2) is 9.55. The summed E-state index contributed by atoms with van der Waals surface area (Å²) in [6.45, 7) is -0.982. The first-order chi connectivity index (χ1) is 8.52. The summed E-state index contributed by atoms with van der Waals surface area (Å²) in [7, 11) is 1.43. The smallest absolute Gasteiger partial charge is 0.870 e. The molecule has 1 aliphatic rings. The van der Waals surface area contributed by atoms with Crippen molar-refractivity contribution in [2.24, 2.45) is 0 Å². The Kier molecular flexibility index (Phi) is 10.8. The van der Waals surface area contributed by atoms with Gasteiger partial charge < -0.3 is 29.7 Å². The number of rotatable bonds is 3. The van der Waals surface area contributed by atoms with Gasteiger partial charge in [0.15, 0.2) is 0 Å². The van der Waals surface area contributed by atoms with Crippen molar-refractivity contribution in [1.82, 2.24) is 0 Å². The molecule has 1 aromatic carbocycles. The van der Waals surface area contributed by atoms with Crippen LogP contribution >= 0.6 is 0 Å². The summed E-state index contributed by atoms with van der Waals surface area (Å²) in [6.07, 6.45) is 2.61. The molecule has 0 bridgehead atoms. The van der Waals surface area contributed by atoms with Crippen LogP contribution in [0.2, 0.25) is 6.32 Å². The van der Waals surface area contributed by atoms with Crippen molar-refractivity contribution in [2.75, 3.05) is 7.11 Å². The summed E-state index contributed by atoms with van der Waals surface area (Å²) >= 11 is 0. The molecule has 3 N–H and O–H groups in total. The Balaban J connectivity index is 0. The van der Waals surface area contributed by atoms with E-state index in [0.29, 0.717) is 5.75 Å². The van der Waals surface area contributed by atoms with Gasteiger partial charge in [-0.25, -0.2) is 0 Å². The quantitative estimate of drug-likeness (QED) is 0.427. The van der Waals surface area contributed by atoms with Crippen molar-refractivity contribution in [3.05, 3.63) is 23.3 Å². The van der Waals surface area contributed by atoms with E-state index in [1.54, 1.807) is 18.4 Å². The van der Waals surface area contributed by atoms with E-state index in [1.807, 2.05) is 6.92 Å². The maximum Gasteiger partial charge on any atom is 1.00 e. The molecule has 1 heterocycles. The van der Waals surface area contributed by atoms with E-state index in [4.69, 9.17) is 9.39 Å². The number of benzene rings is 1. The van der Waals surface area contributed by atoms with Crippen molar-refractivity contribution >= 4 is 13.0 Å². The monoisotopic (exact) mass is 313 g/mol. The first kappa shape index (κ1) is 23.7. The average Bonchev–Trinajstić information content (AvgIpc) is 2.35. The van der Waals surface area contributed by atoms with Crippen LogP contribution in [0.4, 0.5) is 0 Å².